The number of aromatic carboxylic acids is 1. The van der Waals surface area contributed by atoms with E-state index < -0.39 is 5.97 Å². The molecule has 0 amide bonds. The van der Waals surface area contributed by atoms with E-state index in [2.05, 4.69) is 41.0 Å². The van der Waals surface area contributed by atoms with Crippen molar-refractivity contribution in [2.24, 2.45) is 0 Å². The average molecular weight is 310 g/mol. The van der Waals surface area contributed by atoms with Crippen molar-refractivity contribution in [2.75, 3.05) is 31.1 Å². The zero-order chi connectivity index (χ0) is 16.2. The minimum Gasteiger partial charge on any atom is -0.478 e. The lowest BCUT2D eigenvalue weighted by atomic mass is 10.1. The highest BCUT2D eigenvalue weighted by molar-refractivity contribution is 5.87. The molecule has 1 heterocycles. The van der Waals surface area contributed by atoms with Crippen molar-refractivity contribution in [2.45, 2.75) is 13.5 Å². The number of carboxylic acid groups (broad SMARTS) is 1. The fourth-order valence-electron chi connectivity index (χ4n) is 3.05. The van der Waals surface area contributed by atoms with Gasteiger partial charge in [-0.05, 0) is 42.3 Å². The molecule has 23 heavy (non-hydrogen) atoms. The Hall–Kier alpha value is -2.33. The van der Waals surface area contributed by atoms with Gasteiger partial charge in [-0.25, -0.2) is 4.79 Å². The largest absolute Gasteiger partial charge is 0.478 e. The molecule has 0 bridgehead atoms. The van der Waals surface area contributed by atoms with Crippen molar-refractivity contribution < 1.29 is 9.90 Å². The lowest BCUT2D eigenvalue weighted by Gasteiger charge is -2.36. The Balaban J connectivity index is 1.59. The molecule has 0 atom stereocenters. The summed E-state index contributed by atoms with van der Waals surface area (Å²) in [6.07, 6.45) is 0. The van der Waals surface area contributed by atoms with Gasteiger partial charge >= 0.3 is 5.97 Å². The fraction of sp³-hybridized carbons (Fsp3) is 0.316. The van der Waals surface area contributed by atoms with E-state index in [1.807, 2.05) is 12.1 Å². The minimum atomic E-state index is -0.865. The molecule has 0 spiro atoms. The second kappa shape index (κ2) is 6.84. The maximum Gasteiger partial charge on any atom is 0.335 e. The Kier molecular flexibility index (Phi) is 4.63. The standard InChI is InChI=1S/C19H22N2O2/c1-15-4-2-7-18(12-15)21-10-8-20(9-11-21)14-16-5-3-6-17(13-16)19(22)23/h2-7,12-13H,8-11,14H2,1H3,(H,22,23). The summed E-state index contributed by atoms with van der Waals surface area (Å²) in [6, 6.07) is 15.9. The van der Waals surface area contributed by atoms with Gasteiger partial charge in [0.25, 0.3) is 0 Å². The van der Waals surface area contributed by atoms with Gasteiger partial charge in [-0.3, -0.25) is 4.90 Å². The van der Waals surface area contributed by atoms with Gasteiger partial charge in [-0.2, -0.15) is 0 Å². The number of hydrogen-bond acceptors (Lipinski definition) is 3. The highest BCUT2D eigenvalue weighted by atomic mass is 16.4. The van der Waals surface area contributed by atoms with E-state index in [-0.39, 0.29) is 0 Å². The molecule has 0 aromatic heterocycles. The van der Waals surface area contributed by atoms with Crippen molar-refractivity contribution in [3.05, 3.63) is 65.2 Å². The fourth-order valence-corrected chi connectivity index (χ4v) is 3.05. The van der Waals surface area contributed by atoms with Gasteiger partial charge in [0.2, 0.25) is 0 Å². The number of hydrogen-bond donors (Lipinski definition) is 1. The minimum absolute atomic E-state index is 0.362. The van der Waals surface area contributed by atoms with Crippen LogP contribution in [0.2, 0.25) is 0 Å². The van der Waals surface area contributed by atoms with E-state index >= 15 is 0 Å². The first-order chi connectivity index (χ1) is 11.1. The number of aryl methyl sites for hydroxylation is 1. The smallest absolute Gasteiger partial charge is 0.335 e. The van der Waals surface area contributed by atoms with Crippen LogP contribution in [0, 0.1) is 6.92 Å². The Bertz CT molecular complexity index is 691. The molecule has 3 rings (SSSR count). The number of benzene rings is 2. The molecule has 1 N–H and O–H groups in total. The van der Waals surface area contributed by atoms with Crippen LogP contribution in [0.25, 0.3) is 0 Å². The molecule has 1 aliphatic heterocycles. The van der Waals surface area contributed by atoms with E-state index in [9.17, 15) is 4.79 Å². The zero-order valence-corrected chi connectivity index (χ0v) is 13.4. The van der Waals surface area contributed by atoms with Crippen molar-refractivity contribution in [1.29, 1.82) is 0 Å². The molecule has 120 valence electrons. The second-order valence-electron chi connectivity index (χ2n) is 6.11. The van der Waals surface area contributed by atoms with Gasteiger partial charge < -0.3 is 10.0 Å². The maximum atomic E-state index is 11.1. The molecule has 0 aliphatic carbocycles. The van der Waals surface area contributed by atoms with Crippen LogP contribution in [0.5, 0.6) is 0 Å². The Labute approximate surface area is 137 Å². The third-order valence-electron chi connectivity index (χ3n) is 4.32. The summed E-state index contributed by atoms with van der Waals surface area (Å²) < 4.78 is 0. The monoisotopic (exact) mass is 310 g/mol. The first-order valence-corrected chi connectivity index (χ1v) is 7.98. The molecule has 2 aromatic carbocycles. The van der Waals surface area contributed by atoms with Crippen LogP contribution in [0.1, 0.15) is 21.5 Å². The molecule has 0 saturated carbocycles. The Morgan fingerprint density at radius 1 is 1.04 bits per heavy atom. The first-order valence-electron chi connectivity index (χ1n) is 7.98. The van der Waals surface area contributed by atoms with Gasteiger partial charge in [-0.15, -0.1) is 0 Å². The van der Waals surface area contributed by atoms with Crippen LogP contribution < -0.4 is 4.90 Å². The van der Waals surface area contributed by atoms with Crippen LogP contribution in [-0.2, 0) is 6.54 Å². The quantitative estimate of drug-likeness (QED) is 0.943. The summed E-state index contributed by atoms with van der Waals surface area (Å²) in [5, 5.41) is 9.08. The van der Waals surface area contributed by atoms with Gasteiger partial charge in [-0.1, -0.05) is 24.3 Å². The number of anilines is 1. The predicted molar refractivity (Wildman–Crippen MR) is 92.1 cm³/mol. The number of piperazine rings is 1. The molecule has 1 fully saturated rings. The number of rotatable bonds is 4. The second-order valence-corrected chi connectivity index (χ2v) is 6.11. The van der Waals surface area contributed by atoms with Crippen molar-refractivity contribution in [1.82, 2.24) is 4.90 Å². The maximum absolute atomic E-state index is 11.1. The van der Waals surface area contributed by atoms with Crippen LogP contribution in [-0.4, -0.2) is 42.2 Å². The predicted octanol–water partition coefficient (Wildman–Crippen LogP) is 3.02. The number of nitrogens with zero attached hydrogens (tertiary/aromatic N) is 2. The van der Waals surface area contributed by atoms with E-state index in [0.717, 1.165) is 38.3 Å². The van der Waals surface area contributed by atoms with Crippen LogP contribution >= 0.6 is 0 Å². The molecular weight excluding hydrogens is 288 g/mol. The van der Waals surface area contributed by atoms with Crippen LogP contribution in [0.3, 0.4) is 0 Å². The van der Waals surface area contributed by atoms with Crippen molar-refractivity contribution in [3.63, 3.8) is 0 Å². The molecule has 1 saturated heterocycles. The van der Waals surface area contributed by atoms with Gasteiger partial charge in [0.15, 0.2) is 0 Å². The summed E-state index contributed by atoms with van der Waals surface area (Å²) in [5.41, 5.74) is 4.00. The summed E-state index contributed by atoms with van der Waals surface area (Å²) >= 11 is 0. The molecular formula is C19H22N2O2. The Morgan fingerprint density at radius 2 is 1.78 bits per heavy atom. The van der Waals surface area contributed by atoms with Gasteiger partial charge in [0.05, 0.1) is 5.56 Å². The van der Waals surface area contributed by atoms with Gasteiger partial charge in [0, 0.05) is 38.4 Å². The molecule has 4 nitrogen and oxygen atoms in total. The summed E-state index contributed by atoms with van der Waals surface area (Å²) in [7, 11) is 0. The molecule has 1 aliphatic rings. The normalized spacial score (nSPS) is 15.6. The molecule has 0 radical (unpaired) electrons. The SMILES string of the molecule is Cc1cccc(N2CCN(Cc3cccc(C(=O)O)c3)CC2)c1. The van der Waals surface area contributed by atoms with Crippen molar-refractivity contribution >= 4 is 11.7 Å². The summed E-state index contributed by atoms with van der Waals surface area (Å²) in [4.78, 5) is 15.8. The molecule has 2 aromatic rings. The first kappa shape index (κ1) is 15.6. The molecule has 0 unspecified atom stereocenters. The van der Waals surface area contributed by atoms with Crippen molar-refractivity contribution in [3.8, 4) is 0 Å². The molecule has 4 heteroatoms. The Morgan fingerprint density at radius 3 is 2.48 bits per heavy atom. The lowest BCUT2D eigenvalue weighted by molar-refractivity contribution is 0.0696. The average Bonchev–Trinajstić information content (AvgIpc) is 2.56. The number of carboxylic acids is 1. The van der Waals surface area contributed by atoms with Gasteiger partial charge in [0.1, 0.15) is 0 Å². The van der Waals surface area contributed by atoms with Crippen LogP contribution in [0.4, 0.5) is 5.69 Å². The zero-order valence-electron chi connectivity index (χ0n) is 13.4. The summed E-state index contributed by atoms with van der Waals surface area (Å²) in [5.74, 6) is -0.865. The van der Waals surface area contributed by atoms with E-state index in [4.69, 9.17) is 5.11 Å². The highest BCUT2D eigenvalue weighted by Crippen LogP contribution is 2.18. The lowest BCUT2D eigenvalue weighted by Crippen LogP contribution is -2.46. The van der Waals surface area contributed by atoms with Crippen LogP contribution in [0.15, 0.2) is 48.5 Å². The van der Waals surface area contributed by atoms with E-state index in [1.165, 1.54) is 11.3 Å². The van der Waals surface area contributed by atoms with E-state index in [1.54, 1.807) is 12.1 Å². The highest BCUT2D eigenvalue weighted by Gasteiger charge is 2.17. The topological polar surface area (TPSA) is 43.8 Å². The third kappa shape index (κ3) is 3.90. The number of carbonyl (C=O) groups is 1. The summed E-state index contributed by atoms with van der Waals surface area (Å²) in [6.45, 7) is 6.92. The third-order valence-corrected chi connectivity index (χ3v) is 4.32. The van der Waals surface area contributed by atoms with E-state index in [0.29, 0.717) is 5.56 Å².